The minimum atomic E-state index is 0.650. The van der Waals surface area contributed by atoms with E-state index in [-0.39, 0.29) is 0 Å². The molecule has 0 fully saturated rings. The van der Waals surface area contributed by atoms with Gasteiger partial charge < -0.3 is 9.88 Å². The first-order valence-electron chi connectivity index (χ1n) is 5.31. The Hall–Kier alpha value is -1.40. The van der Waals surface area contributed by atoms with Crippen molar-refractivity contribution in [3.05, 3.63) is 28.6 Å². The molecule has 0 radical (unpaired) electrons. The van der Waals surface area contributed by atoms with Gasteiger partial charge in [-0.25, -0.2) is 0 Å². The third kappa shape index (κ3) is 2.48. The zero-order chi connectivity index (χ0) is 12.4. The van der Waals surface area contributed by atoms with Gasteiger partial charge in [-0.2, -0.15) is 5.10 Å². The normalized spacial score (nSPS) is 11.1. The molecule has 2 rings (SSSR count). The molecule has 0 bridgehead atoms. The van der Waals surface area contributed by atoms with Crippen LogP contribution in [-0.2, 0) is 27.2 Å². The lowest BCUT2D eigenvalue weighted by Crippen LogP contribution is -2.17. The fourth-order valence-corrected chi connectivity index (χ4v) is 1.86. The van der Waals surface area contributed by atoms with Crippen LogP contribution in [0.15, 0.2) is 6.33 Å². The molecule has 1 N–H and O–H groups in total. The maximum atomic E-state index is 6.15. The topological polar surface area (TPSA) is 60.6 Å². The first-order valence-corrected chi connectivity index (χ1v) is 5.69. The summed E-state index contributed by atoms with van der Waals surface area (Å²) in [7, 11) is 3.80. The van der Waals surface area contributed by atoms with Gasteiger partial charge in [0.15, 0.2) is 0 Å². The van der Waals surface area contributed by atoms with Gasteiger partial charge in [-0.05, 0) is 6.92 Å². The van der Waals surface area contributed by atoms with E-state index in [9.17, 15) is 0 Å². The lowest BCUT2D eigenvalue weighted by atomic mass is 10.3. The molecule has 0 atom stereocenters. The van der Waals surface area contributed by atoms with Crippen LogP contribution in [0.3, 0.4) is 0 Å². The fraction of sp³-hybridized carbons (Fsp3) is 0.500. The Balaban J connectivity index is 1.97. The van der Waals surface area contributed by atoms with Crippen molar-refractivity contribution in [2.24, 2.45) is 14.1 Å². The van der Waals surface area contributed by atoms with Crippen LogP contribution in [0.25, 0.3) is 0 Å². The van der Waals surface area contributed by atoms with Crippen LogP contribution in [0, 0.1) is 6.92 Å². The predicted molar refractivity (Wildman–Crippen MR) is 64.5 cm³/mol. The van der Waals surface area contributed by atoms with Crippen LogP contribution in [-0.4, -0.2) is 24.5 Å². The average molecular weight is 255 g/mol. The number of nitrogens with zero attached hydrogens (tertiary/aromatic N) is 5. The number of hydrogen-bond acceptors (Lipinski definition) is 4. The Kier molecular flexibility index (Phi) is 3.44. The van der Waals surface area contributed by atoms with Gasteiger partial charge in [0.1, 0.15) is 12.2 Å². The van der Waals surface area contributed by atoms with E-state index in [2.05, 4.69) is 20.6 Å². The maximum Gasteiger partial charge on any atom is 0.146 e. The van der Waals surface area contributed by atoms with Crippen LogP contribution >= 0.6 is 11.6 Å². The van der Waals surface area contributed by atoms with Crippen LogP contribution in [0.5, 0.6) is 0 Å². The van der Waals surface area contributed by atoms with Crippen molar-refractivity contribution < 1.29 is 0 Å². The molecule has 2 aromatic heterocycles. The fourth-order valence-electron chi connectivity index (χ4n) is 1.63. The Bertz CT molecular complexity index is 515. The zero-order valence-corrected chi connectivity index (χ0v) is 10.9. The third-order valence-corrected chi connectivity index (χ3v) is 3.13. The van der Waals surface area contributed by atoms with E-state index in [0.29, 0.717) is 13.1 Å². The second kappa shape index (κ2) is 4.85. The summed E-state index contributed by atoms with van der Waals surface area (Å²) in [5.74, 6) is 0.889. The first kappa shape index (κ1) is 12.1. The molecular formula is C10H15ClN6. The highest BCUT2D eigenvalue weighted by Gasteiger charge is 2.10. The molecule has 2 heterocycles. The summed E-state index contributed by atoms with van der Waals surface area (Å²) in [6.07, 6.45) is 1.68. The highest BCUT2D eigenvalue weighted by atomic mass is 35.5. The zero-order valence-electron chi connectivity index (χ0n) is 10.1. The lowest BCUT2D eigenvalue weighted by molar-refractivity contribution is 0.598. The van der Waals surface area contributed by atoms with Crippen LogP contribution < -0.4 is 5.32 Å². The SMILES string of the molecule is Cc1nn(C)c(CNCc2nncn2C)c1Cl. The summed E-state index contributed by atoms with van der Waals surface area (Å²) in [5.41, 5.74) is 1.83. The van der Waals surface area contributed by atoms with Gasteiger partial charge in [0.2, 0.25) is 0 Å². The highest BCUT2D eigenvalue weighted by Crippen LogP contribution is 2.18. The largest absolute Gasteiger partial charge is 0.320 e. The molecule has 7 heteroatoms. The van der Waals surface area contributed by atoms with E-state index in [4.69, 9.17) is 11.6 Å². The van der Waals surface area contributed by atoms with E-state index < -0.39 is 0 Å². The van der Waals surface area contributed by atoms with E-state index in [1.807, 2.05) is 25.6 Å². The van der Waals surface area contributed by atoms with E-state index in [1.165, 1.54) is 0 Å². The van der Waals surface area contributed by atoms with E-state index in [0.717, 1.165) is 22.2 Å². The number of aryl methyl sites for hydroxylation is 3. The number of halogens is 1. The van der Waals surface area contributed by atoms with Crippen molar-refractivity contribution >= 4 is 11.6 Å². The summed E-state index contributed by atoms with van der Waals surface area (Å²) in [6.45, 7) is 3.20. The molecule has 0 aromatic carbocycles. The summed E-state index contributed by atoms with van der Waals surface area (Å²) in [6, 6.07) is 0. The molecule has 0 unspecified atom stereocenters. The summed E-state index contributed by atoms with van der Waals surface area (Å²) >= 11 is 6.15. The van der Waals surface area contributed by atoms with Crippen LogP contribution in [0.1, 0.15) is 17.2 Å². The Morgan fingerprint density at radius 3 is 2.65 bits per heavy atom. The lowest BCUT2D eigenvalue weighted by Gasteiger charge is -2.05. The predicted octanol–water partition coefficient (Wildman–Crippen LogP) is 0.800. The molecule has 2 aromatic rings. The van der Waals surface area contributed by atoms with Crippen LogP contribution in [0.4, 0.5) is 0 Å². The van der Waals surface area contributed by atoms with Crippen molar-refractivity contribution in [2.45, 2.75) is 20.0 Å². The van der Waals surface area contributed by atoms with E-state index >= 15 is 0 Å². The molecular weight excluding hydrogens is 240 g/mol. The molecule has 0 aliphatic carbocycles. The van der Waals surface area contributed by atoms with Gasteiger partial charge >= 0.3 is 0 Å². The van der Waals surface area contributed by atoms with Crippen molar-refractivity contribution in [1.82, 2.24) is 29.9 Å². The van der Waals surface area contributed by atoms with Gasteiger partial charge in [0, 0.05) is 20.6 Å². The van der Waals surface area contributed by atoms with Gasteiger partial charge in [-0.15, -0.1) is 10.2 Å². The second-order valence-electron chi connectivity index (χ2n) is 3.93. The van der Waals surface area contributed by atoms with Gasteiger partial charge in [0.25, 0.3) is 0 Å². The molecule has 0 saturated carbocycles. The molecule has 92 valence electrons. The minimum Gasteiger partial charge on any atom is -0.320 e. The number of aromatic nitrogens is 5. The molecule has 0 saturated heterocycles. The molecule has 17 heavy (non-hydrogen) atoms. The van der Waals surface area contributed by atoms with Crippen LogP contribution in [0.2, 0.25) is 5.02 Å². The summed E-state index contributed by atoms with van der Waals surface area (Å²) in [4.78, 5) is 0. The van der Waals surface area contributed by atoms with Crippen molar-refractivity contribution in [3.63, 3.8) is 0 Å². The second-order valence-corrected chi connectivity index (χ2v) is 4.31. The Morgan fingerprint density at radius 2 is 2.12 bits per heavy atom. The van der Waals surface area contributed by atoms with Gasteiger partial charge in [-0.1, -0.05) is 11.6 Å². The number of hydrogen-bond donors (Lipinski definition) is 1. The summed E-state index contributed by atoms with van der Waals surface area (Å²) in [5, 5.41) is 16.1. The number of rotatable bonds is 4. The van der Waals surface area contributed by atoms with Gasteiger partial charge in [-0.3, -0.25) is 4.68 Å². The summed E-state index contributed by atoms with van der Waals surface area (Å²) < 4.78 is 3.67. The maximum absolute atomic E-state index is 6.15. The minimum absolute atomic E-state index is 0.650. The average Bonchev–Trinajstić information content (AvgIpc) is 2.78. The third-order valence-electron chi connectivity index (χ3n) is 2.64. The molecule has 0 amide bonds. The molecule has 0 aliphatic rings. The monoisotopic (exact) mass is 254 g/mol. The standard InChI is InChI=1S/C10H15ClN6/c1-7-10(11)8(17(3)15-7)4-12-5-9-14-13-6-16(9)2/h6,12H,4-5H2,1-3H3. The molecule has 0 spiro atoms. The number of nitrogens with one attached hydrogen (secondary N) is 1. The molecule has 6 nitrogen and oxygen atoms in total. The molecule has 0 aliphatic heterocycles. The first-order chi connectivity index (χ1) is 8.09. The van der Waals surface area contributed by atoms with Crippen molar-refractivity contribution in [3.8, 4) is 0 Å². The quantitative estimate of drug-likeness (QED) is 0.877. The van der Waals surface area contributed by atoms with E-state index in [1.54, 1.807) is 11.0 Å². The van der Waals surface area contributed by atoms with Crippen molar-refractivity contribution in [1.29, 1.82) is 0 Å². The van der Waals surface area contributed by atoms with Crippen molar-refractivity contribution in [2.75, 3.05) is 0 Å². The van der Waals surface area contributed by atoms with Gasteiger partial charge in [0.05, 0.1) is 23.0 Å². The Morgan fingerprint density at radius 1 is 1.35 bits per heavy atom. The Labute approximate surface area is 105 Å². The highest BCUT2D eigenvalue weighted by molar-refractivity contribution is 6.31. The smallest absolute Gasteiger partial charge is 0.146 e.